The summed E-state index contributed by atoms with van der Waals surface area (Å²) < 4.78 is 1.06. The number of benzene rings is 2. The van der Waals surface area contributed by atoms with Gasteiger partial charge >= 0.3 is 0 Å². The van der Waals surface area contributed by atoms with E-state index in [0.29, 0.717) is 6.04 Å². The molecule has 0 saturated carbocycles. The molecule has 0 radical (unpaired) electrons. The van der Waals surface area contributed by atoms with Gasteiger partial charge in [-0.3, -0.25) is 0 Å². The zero-order valence-corrected chi connectivity index (χ0v) is 41.3. The molecule has 0 spiro atoms. The van der Waals surface area contributed by atoms with Crippen molar-refractivity contribution < 1.29 is 24.1 Å². The molecule has 4 N–H and O–H groups in total. The molecule has 0 aliphatic heterocycles. The lowest BCUT2D eigenvalue weighted by atomic mass is 10.1. The summed E-state index contributed by atoms with van der Waals surface area (Å²) in [6.07, 6.45) is 2.63. The largest absolute Gasteiger partial charge is 0.333 e. The summed E-state index contributed by atoms with van der Waals surface area (Å²) >= 11 is 0. The van der Waals surface area contributed by atoms with Crippen molar-refractivity contribution in [3.8, 4) is 0 Å². The molecule has 2 aromatic rings. The van der Waals surface area contributed by atoms with Crippen molar-refractivity contribution in [2.75, 3.05) is 60.4 Å². The average Bonchev–Trinajstić information content (AvgIpc) is 3.09. The van der Waals surface area contributed by atoms with Crippen molar-refractivity contribution in [3.05, 3.63) is 71.8 Å². The molecule has 0 aromatic heterocycles. The van der Waals surface area contributed by atoms with Crippen molar-refractivity contribution >= 4 is 0 Å². The van der Waals surface area contributed by atoms with Crippen LogP contribution in [-0.4, -0.2) is 95.1 Å². The third kappa shape index (κ3) is 34.0. The summed E-state index contributed by atoms with van der Waals surface area (Å²) in [5.41, 5.74) is 2.83. The van der Waals surface area contributed by atoms with E-state index in [1.54, 1.807) is 19.6 Å². The van der Waals surface area contributed by atoms with Gasteiger partial charge in [-0.15, -0.1) is 0 Å². The van der Waals surface area contributed by atoms with Crippen LogP contribution in [-0.2, 0) is 13.1 Å². The molecular weight excluding hydrogens is 671 g/mol. The monoisotopic (exact) mass is 775 g/mol. The van der Waals surface area contributed by atoms with E-state index < -0.39 is 0 Å². The highest BCUT2D eigenvalue weighted by molar-refractivity contribution is 5.14. The van der Waals surface area contributed by atoms with Crippen LogP contribution in [0.2, 0.25) is 0 Å². The van der Waals surface area contributed by atoms with Gasteiger partial charge in [-0.1, -0.05) is 102 Å². The van der Waals surface area contributed by atoms with Gasteiger partial charge in [0.2, 0.25) is 0 Å². The Morgan fingerprint density at radius 1 is 0.418 bits per heavy atom. The van der Waals surface area contributed by atoms with Crippen LogP contribution < -0.4 is 19.6 Å². The Hall–Kier alpha value is -1.76. The normalized spacial score (nSPS) is 11.7. The fourth-order valence-electron chi connectivity index (χ4n) is 6.20. The predicted molar refractivity (Wildman–Crippen MR) is 249 cm³/mol. The van der Waals surface area contributed by atoms with Crippen LogP contribution in [0.25, 0.3) is 0 Å². The van der Waals surface area contributed by atoms with Gasteiger partial charge in [0.15, 0.2) is 0 Å². The first kappa shape index (κ1) is 57.6. The van der Waals surface area contributed by atoms with Gasteiger partial charge in [0.25, 0.3) is 0 Å². The molecule has 0 aliphatic carbocycles. The number of quaternary nitrogens is 5. The van der Waals surface area contributed by atoms with Gasteiger partial charge in [-0.05, 0) is 95.9 Å². The molecular formula is C50H104N5+5. The minimum atomic E-state index is 0.630. The van der Waals surface area contributed by atoms with Crippen LogP contribution in [0.4, 0.5) is 0 Å². The second-order valence-corrected chi connectivity index (χ2v) is 19.2. The number of hydrogen-bond acceptors (Lipinski definition) is 0. The van der Waals surface area contributed by atoms with E-state index in [-0.39, 0.29) is 0 Å². The van der Waals surface area contributed by atoms with Crippen LogP contribution in [0.15, 0.2) is 60.7 Å². The van der Waals surface area contributed by atoms with Gasteiger partial charge < -0.3 is 24.1 Å². The molecule has 0 bridgehead atoms. The van der Waals surface area contributed by atoms with Gasteiger partial charge in [-0.25, -0.2) is 0 Å². The first-order valence-corrected chi connectivity index (χ1v) is 22.8. The average molecular weight is 775 g/mol. The van der Waals surface area contributed by atoms with E-state index in [2.05, 4.69) is 206 Å². The van der Waals surface area contributed by atoms with E-state index in [1.807, 2.05) is 0 Å². The Morgan fingerprint density at radius 3 is 0.891 bits per heavy atom. The standard InChI is InChI=1S/C17H21N.C11H25N.C9H21N.C7H17N.C6H16N/c1-15(2)18(13-16-9-5-3-6-10-16)14-17-11-7-4-8-12-17;1-9(2)7-12(11(5)6)8-10(3)4;1-5-7-10(8-6-2)9(3)4;1-5-8(6-2)7(3)4;1-6(2)7(3,4)5/h3-12,15H,13-14H2,1-2H3;9-11H,7-8H2,1-6H3;9H,5-8H2,1-4H3;7H,5-6H2,1-4H3;6H,1-5H3/q;;;;+1/p+4. The highest BCUT2D eigenvalue weighted by atomic mass is 15.3. The van der Waals surface area contributed by atoms with Crippen LogP contribution in [0, 0.1) is 11.8 Å². The van der Waals surface area contributed by atoms with Gasteiger partial charge in [0.05, 0.1) is 90.6 Å². The molecule has 0 saturated heterocycles. The molecule has 0 atom stereocenters. The Kier molecular flexibility index (Phi) is 35.9. The van der Waals surface area contributed by atoms with Crippen LogP contribution >= 0.6 is 0 Å². The smallest absolute Gasteiger partial charge is 0.103 e. The Bertz CT molecular complexity index is 995. The maximum Gasteiger partial charge on any atom is 0.103 e. The second-order valence-electron chi connectivity index (χ2n) is 19.2. The number of nitrogens with zero attached hydrogens (tertiary/aromatic N) is 1. The topological polar surface area (TPSA) is 17.8 Å². The maximum atomic E-state index is 2.32. The summed E-state index contributed by atoms with van der Waals surface area (Å²) in [5.74, 6) is 1.64. The fourth-order valence-corrected chi connectivity index (χ4v) is 6.20. The summed E-state index contributed by atoms with van der Waals surface area (Å²) in [7, 11) is 6.60. The quantitative estimate of drug-likeness (QED) is 0.113. The molecule has 55 heavy (non-hydrogen) atoms. The SMILES string of the molecule is CC(C)C[NH+](CC(C)C)C(C)C.CC(C)[N+](C)(C)C.CC(C)[NH+](Cc1ccccc1)Cc1ccccc1.CCC[NH+](CCC)C(C)C.CC[NH+](CC)C(C)C. The lowest BCUT2D eigenvalue weighted by Gasteiger charge is -2.28. The van der Waals surface area contributed by atoms with Crippen molar-refractivity contribution in [1.82, 2.24) is 0 Å². The number of hydrogen-bond donors (Lipinski definition) is 4. The Balaban J connectivity index is -0.000000646. The summed E-state index contributed by atoms with van der Waals surface area (Å²) in [4.78, 5) is 6.79. The van der Waals surface area contributed by atoms with Crippen molar-refractivity contribution in [2.24, 2.45) is 11.8 Å². The molecule has 5 nitrogen and oxygen atoms in total. The van der Waals surface area contributed by atoms with Crippen molar-refractivity contribution in [1.29, 1.82) is 0 Å². The lowest BCUT2D eigenvalue weighted by molar-refractivity contribution is -0.948. The highest BCUT2D eigenvalue weighted by Crippen LogP contribution is 2.00. The highest BCUT2D eigenvalue weighted by Gasteiger charge is 2.16. The van der Waals surface area contributed by atoms with E-state index in [1.165, 1.54) is 63.2 Å². The van der Waals surface area contributed by atoms with E-state index >= 15 is 0 Å². The minimum absolute atomic E-state index is 0.630. The first-order chi connectivity index (χ1) is 25.6. The molecule has 0 aliphatic rings. The summed E-state index contributed by atoms with van der Waals surface area (Å²) in [6, 6.07) is 25.2. The third-order valence-electron chi connectivity index (χ3n) is 10.8. The number of nitrogens with one attached hydrogen (secondary N) is 4. The van der Waals surface area contributed by atoms with Crippen molar-refractivity contribution in [2.45, 2.75) is 181 Å². The molecule has 324 valence electrons. The molecule has 0 amide bonds. The molecule has 0 heterocycles. The molecule has 2 aromatic carbocycles. The van der Waals surface area contributed by atoms with Gasteiger partial charge in [0.1, 0.15) is 13.1 Å². The Morgan fingerprint density at radius 2 is 0.709 bits per heavy atom. The summed E-state index contributed by atoms with van der Waals surface area (Å²) in [6.45, 7) is 51.0. The van der Waals surface area contributed by atoms with Crippen LogP contribution in [0.1, 0.15) is 149 Å². The fraction of sp³-hybridized carbons (Fsp3) is 0.760. The van der Waals surface area contributed by atoms with Gasteiger partial charge in [0, 0.05) is 23.0 Å². The minimum Gasteiger partial charge on any atom is -0.333 e. The molecule has 0 unspecified atom stereocenters. The molecule has 2 rings (SSSR count). The number of rotatable bonds is 19. The predicted octanol–water partition coefficient (Wildman–Crippen LogP) is 6.79. The lowest BCUT2D eigenvalue weighted by Crippen LogP contribution is -3.16. The van der Waals surface area contributed by atoms with E-state index in [0.717, 1.165) is 53.6 Å². The van der Waals surface area contributed by atoms with Crippen LogP contribution in [0.3, 0.4) is 0 Å². The third-order valence-corrected chi connectivity index (χ3v) is 10.8. The van der Waals surface area contributed by atoms with E-state index in [9.17, 15) is 0 Å². The van der Waals surface area contributed by atoms with Crippen LogP contribution in [0.5, 0.6) is 0 Å². The maximum absolute atomic E-state index is 2.32. The van der Waals surface area contributed by atoms with Gasteiger partial charge in [-0.2, -0.15) is 0 Å². The molecule has 0 fully saturated rings. The summed E-state index contributed by atoms with van der Waals surface area (Å²) in [5, 5.41) is 0. The van der Waals surface area contributed by atoms with E-state index in [4.69, 9.17) is 0 Å². The zero-order chi connectivity index (χ0) is 43.1. The van der Waals surface area contributed by atoms with Crippen molar-refractivity contribution in [3.63, 3.8) is 0 Å². The molecule has 5 heteroatoms. The Labute approximate surface area is 347 Å². The first-order valence-electron chi connectivity index (χ1n) is 22.8. The zero-order valence-electron chi connectivity index (χ0n) is 41.3. The second kappa shape index (κ2) is 34.3.